The lowest BCUT2D eigenvalue weighted by molar-refractivity contribution is -0.138. The Morgan fingerprint density at radius 1 is 1.15 bits per heavy atom. The number of hydrogen-bond donors (Lipinski definition) is 1. The Balaban J connectivity index is 1.62. The van der Waals surface area contributed by atoms with E-state index in [0.29, 0.717) is 28.3 Å². The molecule has 1 aliphatic rings. The van der Waals surface area contributed by atoms with Crippen molar-refractivity contribution in [2.24, 2.45) is 0 Å². The van der Waals surface area contributed by atoms with Crippen LogP contribution in [0.15, 0.2) is 45.9 Å². The van der Waals surface area contributed by atoms with E-state index in [4.69, 9.17) is 4.98 Å². The summed E-state index contributed by atoms with van der Waals surface area (Å²) in [4.78, 5) is 42.2. The molecule has 0 spiro atoms. The summed E-state index contributed by atoms with van der Waals surface area (Å²) in [5, 5.41) is 7.41. The SMILES string of the molecule is CNc1cnc(-n2c(-n3nc(C)cc3C)nc3c(c2=O)C[C@@H](C)N(C(=O)c2ccc(Br)c(C(F)(F)F)c2)C3)nc1. The molecule has 0 saturated carbocycles. The van der Waals surface area contributed by atoms with Crippen molar-refractivity contribution in [3.05, 3.63) is 85.3 Å². The van der Waals surface area contributed by atoms with Gasteiger partial charge in [-0.3, -0.25) is 9.59 Å². The van der Waals surface area contributed by atoms with Crippen LogP contribution in [0.2, 0.25) is 0 Å². The maximum atomic E-state index is 13.9. The molecule has 5 rings (SSSR count). The maximum Gasteiger partial charge on any atom is 0.417 e. The average molecular weight is 617 g/mol. The highest BCUT2D eigenvalue weighted by Crippen LogP contribution is 2.36. The van der Waals surface area contributed by atoms with Crippen LogP contribution >= 0.6 is 15.9 Å². The van der Waals surface area contributed by atoms with Gasteiger partial charge in [-0.05, 0) is 51.5 Å². The van der Waals surface area contributed by atoms with Crippen LogP contribution in [0.3, 0.4) is 0 Å². The molecule has 208 valence electrons. The molecule has 1 atom stereocenters. The highest BCUT2D eigenvalue weighted by atomic mass is 79.9. The van der Waals surface area contributed by atoms with Crippen LogP contribution in [-0.2, 0) is 19.1 Å². The summed E-state index contributed by atoms with van der Waals surface area (Å²) < 4.78 is 43.1. The topological polar surface area (TPSA) is 111 Å². The van der Waals surface area contributed by atoms with E-state index in [1.807, 2.05) is 13.0 Å². The molecule has 0 bridgehead atoms. The molecule has 1 aromatic carbocycles. The fraction of sp³-hybridized carbons (Fsp3) is 0.308. The minimum atomic E-state index is -4.63. The quantitative estimate of drug-likeness (QED) is 0.365. The van der Waals surface area contributed by atoms with Crippen LogP contribution in [-0.4, -0.2) is 53.2 Å². The van der Waals surface area contributed by atoms with Crippen molar-refractivity contribution >= 4 is 27.5 Å². The smallest absolute Gasteiger partial charge is 0.386 e. The van der Waals surface area contributed by atoms with Crippen molar-refractivity contribution < 1.29 is 18.0 Å². The Kier molecular flexibility index (Phi) is 6.98. The predicted octanol–water partition coefficient (Wildman–Crippen LogP) is 4.24. The fourth-order valence-electron chi connectivity index (χ4n) is 4.68. The number of carbonyl (C=O) groups excluding carboxylic acids is 1. The molecule has 40 heavy (non-hydrogen) atoms. The van der Waals surface area contributed by atoms with Crippen LogP contribution in [0.1, 0.15) is 45.5 Å². The van der Waals surface area contributed by atoms with Gasteiger partial charge in [-0.25, -0.2) is 24.2 Å². The van der Waals surface area contributed by atoms with Crippen LogP contribution in [0.4, 0.5) is 18.9 Å². The number of rotatable bonds is 4. The second kappa shape index (κ2) is 10.2. The first kappa shape index (κ1) is 27.5. The van der Waals surface area contributed by atoms with E-state index in [1.54, 1.807) is 20.9 Å². The Morgan fingerprint density at radius 3 is 2.45 bits per heavy atom. The third-order valence-electron chi connectivity index (χ3n) is 6.70. The van der Waals surface area contributed by atoms with E-state index in [2.05, 4.69) is 36.3 Å². The molecular weight excluding hydrogens is 593 g/mol. The van der Waals surface area contributed by atoms with Crippen molar-refractivity contribution in [3.63, 3.8) is 0 Å². The summed E-state index contributed by atoms with van der Waals surface area (Å²) in [6.07, 6.45) is -1.42. The molecule has 4 heterocycles. The zero-order chi connectivity index (χ0) is 28.9. The van der Waals surface area contributed by atoms with Gasteiger partial charge in [0.15, 0.2) is 0 Å². The number of benzene rings is 1. The number of aromatic nitrogens is 6. The number of anilines is 1. The molecule has 0 saturated heterocycles. The van der Waals surface area contributed by atoms with Gasteiger partial charge >= 0.3 is 6.18 Å². The molecule has 1 amide bonds. The largest absolute Gasteiger partial charge is 0.417 e. The van der Waals surface area contributed by atoms with E-state index >= 15 is 0 Å². The predicted molar refractivity (Wildman–Crippen MR) is 144 cm³/mol. The van der Waals surface area contributed by atoms with E-state index in [1.165, 1.54) is 38.7 Å². The van der Waals surface area contributed by atoms with E-state index < -0.39 is 29.2 Å². The van der Waals surface area contributed by atoms with Crippen molar-refractivity contribution in [1.29, 1.82) is 0 Å². The second-order valence-corrected chi connectivity index (χ2v) is 10.4. The maximum absolute atomic E-state index is 13.9. The fourth-order valence-corrected chi connectivity index (χ4v) is 5.15. The summed E-state index contributed by atoms with van der Waals surface area (Å²) in [5.74, 6) is -0.361. The number of fused-ring (bicyclic) bond motifs is 1. The number of hydrogen-bond acceptors (Lipinski definition) is 7. The molecule has 10 nitrogen and oxygen atoms in total. The van der Waals surface area contributed by atoms with Gasteiger partial charge in [0.2, 0.25) is 11.9 Å². The van der Waals surface area contributed by atoms with Crippen molar-refractivity contribution in [2.45, 2.75) is 46.0 Å². The average Bonchev–Trinajstić information content (AvgIpc) is 3.25. The Hall–Kier alpha value is -4.07. The second-order valence-electron chi connectivity index (χ2n) is 9.52. The van der Waals surface area contributed by atoms with Crippen molar-refractivity contribution in [1.82, 2.24) is 34.2 Å². The molecule has 4 aromatic rings. The minimum Gasteiger partial charge on any atom is -0.386 e. The summed E-state index contributed by atoms with van der Waals surface area (Å²) in [5.41, 5.74) is 1.29. The van der Waals surface area contributed by atoms with Crippen molar-refractivity contribution in [2.75, 3.05) is 12.4 Å². The Morgan fingerprint density at radius 2 is 1.85 bits per heavy atom. The molecule has 1 N–H and O–H groups in total. The van der Waals surface area contributed by atoms with Gasteiger partial charge in [0.1, 0.15) is 0 Å². The number of carbonyl (C=O) groups is 1. The molecule has 14 heteroatoms. The first-order valence-corrected chi connectivity index (χ1v) is 13.0. The van der Waals surface area contributed by atoms with Gasteiger partial charge in [0.05, 0.1) is 41.6 Å². The number of halogens is 4. The van der Waals surface area contributed by atoms with E-state index in [0.717, 1.165) is 6.07 Å². The lowest BCUT2D eigenvalue weighted by Crippen LogP contribution is -2.46. The lowest BCUT2D eigenvalue weighted by Gasteiger charge is -2.34. The van der Waals surface area contributed by atoms with Crippen molar-refractivity contribution in [3.8, 4) is 11.9 Å². The van der Waals surface area contributed by atoms with Crippen LogP contribution in [0, 0.1) is 13.8 Å². The molecule has 0 fully saturated rings. The summed E-state index contributed by atoms with van der Waals surface area (Å²) >= 11 is 2.91. The number of nitrogens with zero attached hydrogens (tertiary/aromatic N) is 7. The summed E-state index contributed by atoms with van der Waals surface area (Å²) in [6.45, 7) is 5.28. The molecule has 1 aliphatic heterocycles. The first-order valence-electron chi connectivity index (χ1n) is 12.3. The summed E-state index contributed by atoms with van der Waals surface area (Å²) in [7, 11) is 1.72. The van der Waals surface area contributed by atoms with Gasteiger partial charge in [-0.1, -0.05) is 15.9 Å². The highest BCUT2D eigenvalue weighted by Gasteiger charge is 2.36. The van der Waals surface area contributed by atoms with Gasteiger partial charge in [-0.2, -0.15) is 18.3 Å². The number of aryl methyl sites for hydroxylation is 2. The Bertz CT molecular complexity index is 1680. The lowest BCUT2D eigenvalue weighted by atomic mass is 9.98. The monoisotopic (exact) mass is 616 g/mol. The molecule has 3 aromatic heterocycles. The molecular formula is C26H24BrF3N8O2. The molecule has 0 unspecified atom stereocenters. The van der Waals surface area contributed by atoms with Crippen LogP contribution in [0.5, 0.6) is 0 Å². The van der Waals surface area contributed by atoms with Crippen LogP contribution < -0.4 is 10.9 Å². The third-order valence-corrected chi connectivity index (χ3v) is 7.39. The zero-order valence-corrected chi connectivity index (χ0v) is 23.5. The molecule has 0 aliphatic carbocycles. The summed E-state index contributed by atoms with van der Waals surface area (Å²) in [6, 6.07) is 4.70. The zero-order valence-electron chi connectivity index (χ0n) is 21.9. The van der Waals surface area contributed by atoms with Gasteiger partial charge in [0.25, 0.3) is 11.5 Å². The minimum absolute atomic E-state index is 0.0747. The van der Waals surface area contributed by atoms with E-state index in [9.17, 15) is 22.8 Å². The van der Waals surface area contributed by atoms with Gasteiger partial charge in [0, 0.05) is 34.4 Å². The highest BCUT2D eigenvalue weighted by molar-refractivity contribution is 9.10. The van der Waals surface area contributed by atoms with Gasteiger partial charge < -0.3 is 10.2 Å². The molecule has 0 radical (unpaired) electrons. The number of alkyl halides is 3. The normalized spacial score (nSPS) is 15.2. The standard InChI is InChI=1S/C26H24BrF3N8O2/c1-13-7-15(3)38(35-13)25-34-21-12-36(22(39)16-5-6-20(27)19(9-16)26(28,29)30)14(2)8-18(21)23(40)37(25)24-32-10-17(31-4)11-33-24/h5-7,9-11,14,31H,8,12H2,1-4H3/t14-/m1/s1. The Labute approximate surface area is 235 Å². The first-order chi connectivity index (χ1) is 18.9. The number of amides is 1. The van der Waals surface area contributed by atoms with E-state index in [-0.39, 0.29) is 34.9 Å². The van der Waals surface area contributed by atoms with Crippen LogP contribution in [0.25, 0.3) is 11.9 Å². The van der Waals surface area contributed by atoms with Gasteiger partial charge in [-0.15, -0.1) is 0 Å². The number of nitrogens with one attached hydrogen (secondary N) is 1. The third kappa shape index (κ3) is 4.87.